The van der Waals surface area contributed by atoms with Gasteiger partial charge in [0.25, 0.3) is 5.91 Å². The van der Waals surface area contributed by atoms with Gasteiger partial charge in [0.2, 0.25) is 15.9 Å². The fourth-order valence-electron chi connectivity index (χ4n) is 4.44. The number of nitrogens with one attached hydrogen (secondary N) is 2. The van der Waals surface area contributed by atoms with Gasteiger partial charge in [0, 0.05) is 30.8 Å². The highest BCUT2D eigenvalue weighted by atomic mass is 32.2. The highest BCUT2D eigenvalue weighted by Gasteiger charge is 2.35. The van der Waals surface area contributed by atoms with Gasteiger partial charge >= 0.3 is 0 Å². The Morgan fingerprint density at radius 3 is 2.59 bits per heavy atom. The van der Waals surface area contributed by atoms with Gasteiger partial charge in [-0.3, -0.25) is 9.59 Å². The second-order valence-corrected chi connectivity index (χ2v) is 10.7. The topological polar surface area (TPSA) is 105 Å². The van der Waals surface area contributed by atoms with Crippen LogP contribution < -0.4 is 15.4 Å². The molecule has 2 aromatic carbocycles. The van der Waals surface area contributed by atoms with E-state index in [1.807, 2.05) is 31.2 Å². The van der Waals surface area contributed by atoms with E-state index in [-0.39, 0.29) is 35.7 Å². The van der Waals surface area contributed by atoms with Crippen LogP contribution in [0, 0.1) is 12.8 Å². The quantitative estimate of drug-likeness (QED) is 0.649. The van der Waals surface area contributed by atoms with Crippen molar-refractivity contribution in [3.63, 3.8) is 0 Å². The lowest BCUT2D eigenvalue weighted by atomic mass is 9.97. The Kier molecular flexibility index (Phi) is 6.95. The van der Waals surface area contributed by atoms with Crippen molar-refractivity contribution in [2.75, 3.05) is 23.7 Å². The first kappa shape index (κ1) is 24.2. The number of rotatable bonds is 6. The monoisotopic (exact) mass is 485 g/mol. The van der Waals surface area contributed by atoms with E-state index in [1.54, 1.807) is 13.0 Å². The number of carbonyl (C=O) groups is 2. The first-order chi connectivity index (χ1) is 16.2. The summed E-state index contributed by atoms with van der Waals surface area (Å²) in [5, 5.41) is 5.76. The van der Waals surface area contributed by atoms with Crippen molar-refractivity contribution in [1.82, 2.24) is 4.31 Å². The summed E-state index contributed by atoms with van der Waals surface area (Å²) in [6.45, 7) is 6.13. The van der Waals surface area contributed by atoms with Crippen LogP contribution in [0.2, 0.25) is 0 Å². The SMILES string of the molecule is CCc1cccc(NC(=O)C2CCN(S(=O)(=O)c3cc4c(cc3C)NC(=O)[C@@H](CC)O4)CC2)c1. The number of benzene rings is 2. The molecule has 2 heterocycles. The van der Waals surface area contributed by atoms with E-state index in [2.05, 4.69) is 17.6 Å². The highest BCUT2D eigenvalue weighted by molar-refractivity contribution is 7.89. The average molecular weight is 486 g/mol. The van der Waals surface area contributed by atoms with Crippen LogP contribution in [0.5, 0.6) is 5.75 Å². The molecular weight excluding hydrogens is 454 g/mol. The predicted molar refractivity (Wildman–Crippen MR) is 130 cm³/mol. The minimum atomic E-state index is -3.77. The first-order valence-electron chi connectivity index (χ1n) is 11.7. The summed E-state index contributed by atoms with van der Waals surface area (Å²) in [5.74, 6) is -0.193. The van der Waals surface area contributed by atoms with Gasteiger partial charge in [-0.05, 0) is 61.9 Å². The van der Waals surface area contributed by atoms with Crippen molar-refractivity contribution >= 4 is 33.2 Å². The molecule has 0 aromatic heterocycles. The fourth-order valence-corrected chi connectivity index (χ4v) is 6.13. The number of aryl methyl sites for hydroxylation is 2. The molecule has 0 radical (unpaired) electrons. The molecule has 0 spiro atoms. The fraction of sp³-hybridized carbons (Fsp3) is 0.440. The Morgan fingerprint density at radius 2 is 1.91 bits per heavy atom. The van der Waals surface area contributed by atoms with Crippen LogP contribution in [0.4, 0.5) is 11.4 Å². The normalized spacial score (nSPS) is 19.1. The third-order valence-electron chi connectivity index (χ3n) is 6.51. The number of piperidine rings is 1. The van der Waals surface area contributed by atoms with Crippen molar-refractivity contribution in [3.8, 4) is 5.75 Å². The Balaban J connectivity index is 1.45. The molecule has 1 fully saturated rings. The van der Waals surface area contributed by atoms with Gasteiger partial charge in [-0.2, -0.15) is 4.31 Å². The summed E-state index contributed by atoms with van der Waals surface area (Å²) in [6.07, 6.45) is 1.64. The second kappa shape index (κ2) is 9.76. The molecule has 2 aromatic rings. The van der Waals surface area contributed by atoms with Crippen molar-refractivity contribution < 1.29 is 22.7 Å². The number of fused-ring (bicyclic) bond motifs is 1. The number of hydrogen-bond acceptors (Lipinski definition) is 5. The number of anilines is 2. The molecule has 1 saturated heterocycles. The van der Waals surface area contributed by atoms with Gasteiger partial charge < -0.3 is 15.4 Å². The van der Waals surface area contributed by atoms with E-state index >= 15 is 0 Å². The molecule has 182 valence electrons. The number of sulfonamides is 1. The lowest BCUT2D eigenvalue weighted by Crippen LogP contribution is -2.41. The summed E-state index contributed by atoms with van der Waals surface area (Å²) < 4.78 is 34.0. The standard InChI is InChI=1S/C25H31N3O5S/c1-4-17-7-6-8-19(14-17)26-24(29)18-9-11-28(12-10-18)34(31,32)23-15-22-20(13-16(23)3)27-25(30)21(5-2)33-22/h6-8,13-15,18,21H,4-5,9-12H2,1-3H3,(H,26,29)(H,27,30)/t21-/m1/s1. The Morgan fingerprint density at radius 1 is 1.18 bits per heavy atom. The average Bonchev–Trinajstić information content (AvgIpc) is 2.83. The first-order valence-corrected chi connectivity index (χ1v) is 13.2. The zero-order valence-corrected chi connectivity index (χ0v) is 20.6. The number of amides is 2. The third-order valence-corrected chi connectivity index (χ3v) is 8.55. The van der Waals surface area contributed by atoms with Gasteiger partial charge in [-0.25, -0.2) is 8.42 Å². The number of nitrogens with zero attached hydrogens (tertiary/aromatic N) is 1. The Labute approximate surface area is 200 Å². The highest BCUT2D eigenvalue weighted by Crippen LogP contribution is 2.36. The zero-order chi connectivity index (χ0) is 24.5. The number of ether oxygens (including phenoxy) is 1. The van der Waals surface area contributed by atoms with Crippen LogP contribution in [0.1, 0.15) is 44.2 Å². The summed E-state index contributed by atoms with van der Waals surface area (Å²) in [6, 6.07) is 10.9. The van der Waals surface area contributed by atoms with Gasteiger partial charge in [0.05, 0.1) is 10.6 Å². The van der Waals surface area contributed by atoms with Crippen molar-refractivity contribution in [2.24, 2.45) is 5.92 Å². The van der Waals surface area contributed by atoms with Crippen molar-refractivity contribution in [2.45, 2.75) is 57.5 Å². The van der Waals surface area contributed by atoms with Gasteiger partial charge in [-0.1, -0.05) is 26.0 Å². The minimum absolute atomic E-state index is 0.0787. The van der Waals surface area contributed by atoms with Crippen LogP contribution in [0.15, 0.2) is 41.3 Å². The maximum Gasteiger partial charge on any atom is 0.265 e. The van der Waals surface area contributed by atoms with Crippen molar-refractivity contribution in [1.29, 1.82) is 0 Å². The van der Waals surface area contributed by atoms with Crippen LogP contribution in [-0.2, 0) is 26.0 Å². The van der Waals surface area contributed by atoms with Crippen LogP contribution in [-0.4, -0.2) is 43.7 Å². The minimum Gasteiger partial charge on any atom is -0.478 e. The molecule has 1 atom stereocenters. The molecular formula is C25H31N3O5S. The molecule has 0 saturated carbocycles. The van der Waals surface area contributed by atoms with E-state index in [0.717, 1.165) is 17.7 Å². The molecule has 0 unspecified atom stereocenters. The summed E-state index contributed by atoms with van der Waals surface area (Å²) in [5.41, 5.74) is 2.93. The Hall–Kier alpha value is -2.91. The number of hydrogen-bond donors (Lipinski definition) is 2. The van der Waals surface area contributed by atoms with Gasteiger partial charge in [0.15, 0.2) is 6.10 Å². The molecule has 9 heteroatoms. The molecule has 0 bridgehead atoms. The smallest absolute Gasteiger partial charge is 0.265 e. The molecule has 2 N–H and O–H groups in total. The van der Waals surface area contributed by atoms with E-state index in [1.165, 1.54) is 10.4 Å². The van der Waals surface area contributed by atoms with Crippen LogP contribution in [0.25, 0.3) is 0 Å². The Bertz CT molecular complexity index is 1200. The van der Waals surface area contributed by atoms with Gasteiger partial charge in [-0.15, -0.1) is 0 Å². The molecule has 0 aliphatic carbocycles. The van der Waals surface area contributed by atoms with Crippen molar-refractivity contribution in [3.05, 3.63) is 47.5 Å². The zero-order valence-electron chi connectivity index (χ0n) is 19.8. The molecule has 2 aliphatic rings. The third kappa shape index (κ3) is 4.81. The van der Waals surface area contributed by atoms with E-state index < -0.39 is 16.1 Å². The lowest BCUT2D eigenvalue weighted by molar-refractivity contribution is -0.123. The lowest BCUT2D eigenvalue weighted by Gasteiger charge is -2.32. The maximum atomic E-state index is 13.4. The second-order valence-electron chi connectivity index (χ2n) is 8.84. The van der Waals surface area contributed by atoms with Gasteiger partial charge in [0.1, 0.15) is 5.75 Å². The van der Waals surface area contributed by atoms with E-state index in [9.17, 15) is 18.0 Å². The van der Waals surface area contributed by atoms with E-state index in [4.69, 9.17) is 4.74 Å². The summed E-state index contributed by atoms with van der Waals surface area (Å²) in [7, 11) is -3.77. The van der Waals surface area contributed by atoms with Crippen LogP contribution >= 0.6 is 0 Å². The van der Waals surface area contributed by atoms with Crippen LogP contribution in [0.3, 0.4) is 0 Å². The predicted octanol–water partition coefficient (Wildman–Crippen LogP) is 3.71. The molecule has 2 aliphatic heterocycles. The summed E-state index contributed by atoms with van der Waals surface area (Å²) in [4.78, 5) is 25.0. The summed E-state index contributed by atoms with van der Waals surface area (Å²) >= 11 is 0. The van der Waals surface area contributed by atoms with E-state index in [0.29, 0.717) is 36.3 Å². The maximum absolute atomic E-state index is 13.4. The molecule has 34 heavy (non-hydrogen) atoms. The largest absolute Gasteiger partial charge is 0.478 e. The molecule has 2 amide bonds. The number of carbonyl (C=O) groups excluding carboxylic acids is 2. The molecule has 8 nitrogen and oxygen atoms in total. The molecule has 4 rings (SSSR count).